The molecule has 0 aromatic heterocycles. The summed E-state index contributed by atoms with van der Waals surface area (Å²) in [6, 6.07) is 5.53. The van der Waals surface area contributed by atoms with Crippen molar-refractivity contribution in [1.29, 1.82) is 0 Å². The van der Waals surface area contributed by atoms with Gasteiger partial charge >= 0.3 is 0 Å². The zero-order valence-electron chi connectivity index (χ0n) is 12.1. The molecule has 1 aromatic carbocycles. The molecule has 0 atom stereocenters. The Bertz CT molecular complexity index is 528. The fraction of sp³-hybridized carbons (Fsp3) is 0.467. The molecule has 2 N–H and O–H groups in total. The molecule has 0 spiro atoms. The van der Waals surface area contributed by atoms with Crippen LogP contribution in [-0.4, -0.2) is 42.9 Å². The Morgan fingerprint density at radius 2 is 1.95 bits per heavy atom. The highest BCUT2D eigenvalue weighted by Crippen LogP contribution is 2.19. The van der Waals surface area contributed by atoms with Gasteiger partial charge < -0.3 is 15.5 Å². The maximum atomic E-state index is 11.8. The third-order valence-corrected chi connectivity index (χ3v) is 3.93. The van der Waals surface area contributed by atoms with Crippen molar-refractivity contribution < 1.29 is 9.59 Å². The van der Waals surface area contributed by atoms with Gasteiger partial charge in [0.05, 0.1) is 13.1 Å². The molecule has 2 rings (SSSR count). The highest BCUT2D eigenvalue weighted by atomic mass is 35.5. The number of amides is 2. The van der Waals surface area contributed by atoms with Crippen LogP contribution in [0.25, 0.3) is 0 Å². The number of likely N-dealkylation sites (tertiary alicyclic amines) is 1. The van der Waals surface area contributed by atoms with Crippen LogP contribution >= 0.6 is 11.6 Å². The van der Waals surface area contributed by atoms with Crippen molar-refractivity contribution in [3.63, 3.8) is 0 Å². The van der Waals surface area contributed by atoms with Gasteiger partial charge in [-0.15, -0.1) is 0 Å². The van der Waals surface area contributed by atoms with E-state index in [2.05, 4.69) is 10.6 Å². The SMILES string of the molecule is Cc1ccc(NCC(=O)NCC(=O)N2CCCC2)cc1Cl. The number of carbonyl (C=O) groups excluding carboxylic acids is 2. The first-order chi connectivity index (χ1) is 10.1. The van der Waals surface area contributed by atoms with E-state index in [0.717, 1.165) is 37.2 Å². The van der Waals surface area contributed by atoms with E-state index in [1.807, 2.05) is 19.1 Å². The lowest BCUT2D eigenvalue weighted by Gasteiger charge is -2.15. The lowest BCUT2D eigenvalue weighted by molar-refractivity contribution is -0.131. The Kier molecular flexibility index (Phi) is 5.44. The van der Waals surface area contributed by atoms with Crippen LogP contribution in [-0.2, 0) is 9.59 Å². The van der Waals surface area contributed by atoms with Gasteiger partial charge in [0.1, 0.15) is 0 Å². The molecule has 114 valence electrons. The monoisotopic (exact) mass is 309 g/mol. The second-order valence-corrected chi connectivity index (χ2v) is 5.59. The van der Waals surface area contributed by atoms with Crippen molar-refractivity contribution in [3.8, 4) is 0 Å². The number of nitrogens with zero attached hydrogens (tertiary/aromatic N) is 1. The second-order valence-electron chi connectivity index (χ2n) is 5.18. The fourth-order valence-electron chi connectivity index (χ4n) is 2.20. The van der Waals surface area contributed by atoms with Gasteiger partial charge in [0.15, 0.2) is 0 Å². The number of carbonyl (C=O) groups is 2. The summed E-state index contributed by atoms with van der Waals surface area (Å²) < 4.78 is 0. The van der Waals surface area contributed by atoms with Gasteiger partial charge in [-0.2, -0.15) is 0 Å². The Balaban J connectivity index is 1.71. The molecular weight excluding hydrogens is 290 g/mol. The van der Waals surface area contributed by atoms with Gasteiger partial charge in [-0.05, 0) is 37.5 Å². The molecule has 0 saturated carbocycles. The Morgan fingerprint density at radius 3 is 2.62 bits per heavy atom. The summed E-state index contributed by atoms with van der Waals surface area (Å²) in [6.07, 6.45) is 2.10. The molecule has 0 unspecified atom stereocenters. The number of hydrogen-bond acceptors (Lipinski definition) is 3. The van der Waals surface area contributed by atoms with Crippen LogP contribution in [0.4, 0.5) is 5.69 Å². The fourth-order valence-corrected chi connectivity index (χ4v) is 2.38. The summed E-state index contributed by atoms with van der Waals surface area (Å²) in [5, 5.41) is 6.27. The lowest BCUT2D eigenvalue weighted by Crippen LogP contribution is -2.40. The molecule has 1 saturated heterocycles. The van der Waals surface area contributed by atoms with Crippen LogP contribution in [0.2, 0.25) is 5.02 Å². The third kappa shape index (κ3) is 4.63. The van der Waals surface area contributed by atoms with Crippen LogP contribution in [0.15, 0.2) is 18.2 Å². The number of aryl methyl sites for hydroxylation is 1. The highest BCUT2D eigenvalue weighted by Gasteiger charge is 2.17. The summed E-state index contributed by atoms with van der Waals surface area (Å²) in [5.41, 5.74) is 1.77. The molecule has 21 heavy (non-hydrogen) atoms. The van der Waals surface area contributed by atoms with Crippen molar-refractivity contribution in [1.82, 2.24) is 10.2 Å². The number of nitrogens with one attached hydrogen (secondary N) is 2. The van der Waals surface area contributed by atoms with Gasteiger partial charge in [-0.25, -0.2) is 0 Å². The largest absolute Gasteiger partial charge is 0.376 e. The zero-order valence-corrected chi connectivity index (χ0v) is 12.9. The average molecular weight is 310 g/mol. The van der Waals surface area contributed by atoms with Crippen LogP contribution in [0.1, 0.15) is 18.4 Å². The summed E-state index contributed by atoms with van der Waals surface area (Å²) in [5.74, 6) is -0.224. The lowest BCUT2D eigenvalue weighted by atomic mass is 10.2. The Morgan fingerprint density at radius 1 is 1.24 bits per heavy atom. The highest BCUT2D eigenvalue weighted by molar-refractivity contribution is 6.31. The summed E-state index contributed by atoms with van der Waals surface area (Å²) in [6.45, 7) is 3.70. The predicted octanol–water partition coefficient (Wildman–Crippen LogP) is 1.80. The minimum atomic E-state index is -0.209. The van der Waals surface area contributed by atoms with Crippen LogP contribution in [0, 0.1) is 6.92 Å². The first-order valence-corrected chi connectivity index (χ1v) is 7.48. The number of hydrogen-bond donors (Lipinski definition) is 2. The number of anilines is 1. The van der Waals surface area contributed by atoms with E-state index in [9.17, 15) is 9.59 Å². The second kappa shape index (κ2) is 7.31. The van der Waals surface area contributed by atoms with Gasteiger partial charge in [-0.3, -0.25) is 9.59 Å². The molecule has 0 aliphatic carbocycles. The van der Waals surface area contributed by atoms with Crippen LogP contribution in [0.3, 0.4) is 0 Å². The molecular formula is C15H20ClN3O2. The predicted molar refractivity (Wildman–Crippen MR) is 83.5 cm³/mol. The summed E-state index contributed by atoms with van der Waals surface area (Å²) in [7, 11) is 0. The minimum absolute atomic E-state index is 0.0146. The zero-order chi connectivity index (χ0) is 15.2. The van der Waals surface area contributed by atoms with Crippen molar-refractivity contribution in [3.05, 3.63) is 28.8 Å². The first kappa shape index (κ1) is 15.6. The van der Waals surface area contributed by atoms with Gasteiger partial charge in [0, 0.05) is 23.8 Å². The van der Waals surface area contributed by atoms with Gasteiger partial charge in [0.2, 0.25) is 11.8 Å². The smallest absolute Gasteiger partial charge is 0.241 e. The van der Waals surface area contributed by atoms with Crippen molar-refractivity contribution in [2.24, 2.45) is 0 Å². The van der Waals surface area contributed by atoms with E-state index in [1.165, 1.54) is 0 Å². The van der Waals surface area contributed by atoms with Crippen LogP contribution in [0.5, 0.6) is 0 Å². The summed E-state index contributed by atoms with van der Waals surface area (Å²) >= 11 is 6.01. The van der Waals surface area contributed by atoms with E-state index < -0.39 is 0 Å². The number of benzene rings is 1. The molecule has 0 radical (unpaired) electrons. The Hall–Kier alpha value is -1.75. The first-order valence-electron chi connectivity index (χ1n) is 7.11. The standard InChI is InChI=1S/C15H20ClN3O2/c1-11-4-5-12(8-13(11)16)17-9-14(20)18-10-15(21)19-6-2-3-7-19/h4-5,8,17H,2-3,6-7,9-10H2,1H3,(H,18,20). The van der Waals surface area contributed by atoms with Gasteiger partial charge in [-0.1, -0.05) is 17.7 Å². The molecule has 2 amide bonds. The maximum absolute atomic E-state index is 11.8. The molecule has 1 heterocycles. The van der Waals surface area contributed by atoms with Crippen molar-refractivity contribution in [2.45, 2.75) is 19.8 Å². The molecule has 5 nitrogen and oxygen atoms in total. The summed E-state index contributed by atoms with van der Waals surface area (Å²) in [4.78, 5) is 25.3. The number of halogens is 1. The van der Waals surface area contributed by atoms with Crippen molar-refractivity contribution in [2.75, 3.05) is 31.5 Å². The maximum Gasteiger partial charge on any atom is 0.241 e. The normalized spacial score (nSPS) is 14.1. The van der Waals surface area contributed by atoms with Crippen molar-refractivity contribution >= 4 is 29.1 Å². The van der Waals surface area contributed by atoms with E-state index in [1.54, 1.807) is 11.0 Å². The Labute approximate surface area is 129 Å². The minimum Gasteiger partial charge on any atom is -0.376 e. The third-order valence-electron chi connectivity index (χ3n) is 3.52. The molecule has 1 fully saturated rings. The molecule has 1 aliphatic rings. The molecule has 0 bridgehead atoms. The van der Waals surface area contributed by atoms with Gasteiger partial charge in [0.25, 0.3) is 0 Å². The van der Waals surface area contributed by atoms with Crippen LogP contribution < -0.4 is 10.6 Å². The van der Waals surface area contributed by atoms with E-state index in [0.29, 0.717) is 5.02 Å². The topological polar surface area (TPSA) is 61.4 Å². The molecule has 1 aromatic rings. The quantitative estimate of drug-likeness (QED) is 0.872. The van der Waals surface area contributed by atoms with E-state index in [4.69, 9.17) is 11.6 Å². The van der Waals surface area contributed by atoms with E-state index in [-0.39, 0.29) is 24.9 Å². The number of rotatable bonds is 5. The molecule has 6 heteroatoms. The van der Waals surface area contributed by atoms with E-state index >= 15 is 0 Å². The molecule has 1 aliphatic heterocycles. The average Bonchev–Trinajstić information content (AvgIpc) is 3.00.